The molecule has 122 valence electrons. The molecule has 0 spiro atoms. The summed E-state index contributed by atoms with van der Waals surface area (Å²) in [6.07, 6.45) is 6.69. The Kier molecular flexibility index (Phi) is 4.38. The van der Waals surface area contributed by atoms with E-state index in [1.54, 1.807) is 5.56 Å². The molecule has 3 aromatic rings. The molecule has 3 aromatic carbocycles. The van der Waals surface area contributed by atoms with E-state index >= 15 is 0 Å². The van der Waals surface area contributed by atoms with Crippen LogP contribution >= 0.6 is 0 Å². The maximum absolute atomic E-state index is 2.44. The van der Waals surface area contributed by atoms with Crippen molar-refractivity contribution in [2.24, 2.45) is 5.92 Å². The van der Waals surface area contributed by atoms with Crippen LogP contribution in [0.3, 0.4) is 0 Å². The molecule has 0 heteroatoms. The molecule has 1 fully saturated rings. The van der Waals surface area contributed by atoms with Gasteiger partial charge in [-0.3, -0.25) is 0 Å². The van der Waals surface area contributed by atoms with Crippen molar-refractivity contribution < 1.29 is 0 Å². The van der Waals surface area contributed by atoms with Crippen molar-refractivity contribution in [3.8, 4) is 0 Å². The summed E-state index contributed by atoms with van der Waals surface area (Å²) in [6.45, 7) is 2.17. The van der Waals surface area contributed by atoms with E-state index in [0.29, 0.717) is 5.92 Å². The Hall–Kier alpha value is -2.08. The van der Waals surface area contributed by atoms with Crippen LogP contribution in [0.4, 0.5) is 0 Å². The lowest BCUT2D eigenvalue weighted by Crippen LogP contribution is -2.20. The van der Waals surface area contributed by atoms with Crippen molar-refractivity contribution in [1.82, 2.24) is 0 Å². The van der Waals surface area contributed by atoms with E-state index in [0.717, 1.165) is 5.92 Å². The van der Waals surface area contributed by atoms with Crippen LogP contribution in [0.25, 0.3) is 10.8 Å². The first kappa shape index (κ1) is 15.4. The van der Waals surface area contributed by atoms with Gasteiger partial charge >= 0.3 is 0 Å². The minimum absolute atomic E-state index is 0.713. The van der Waals surface area contributed by atoms with Crippen molar-refractivity contribution in [3.63, 3.8) is 0 Å². The van der Waals surface area contributed by atoms with Gasteiger partial charge in [-0.05, 0) is 59.9 Å². The first-order valence-electron chi connectivity index (χ1n) is 9.34. The lowest BCUT2D eigenvalue weighted by molar-refractivity contribution is 0.305. The lowest BCUT2D eigenvalue weighted by atomic mass is 9.72. The normalized spacial score (nSPS) is 21.0. The van der Waals surface area contributed by atoms with Gasteiger partial charge < -0.3 is 0 Å². The summed E-state index contributed by atoms with van der Waals surface area (Å²) in [7, 11) is 0. The molecule has 2 atom stereocenters. The summed E-state index contributed by atoms with van der Waals surface area (Å²) in [5.74, 6) is 1.49. The molecule has 0 N–H and O–H groups in total. The van der Waals surface area contributed by atoms with Gasteiger partial charge in [0.2, 0.25) is 0 Å². The van der Waals surface area contributed by atoms with E-state index in [1.807, 2.05) is 0 Å². The molecule has 24 heavy (non-hydrogen) atoms. The zero-order valence-electron chi connectivity index (χ0n) is 14.5. The Balaban J connectivity index is 1.61. The van der Waals surface area contributed by atoms with E-state index in [1.165, 1.54) is 54.0 Å². The van der Waals surface area contributed by atoms with Crippen LogP contribution < -0.4 is 0 Å². The fourth-order valence-corrected chi connectivity index (χ4v) is 4.36. The number of hydrogen-bond donors (Lipinski definition) is 0. The van der Waals surface area contributed by atoms with Crippen LogP contribution in [0.5, 0.6) is 0 Å². The monoisotopic (exact) mass is 314 g/mol. The highest BCUT2D eigenvalue weighted by Gasteiger charge is 2.26. The minimum atomic E-state index is 0.713. The summed E-state index contributed by atoms with van der Waals surface area (Å²) in [6, 6.07) is 25.0. The van der Waals surface area contributed by atoms with E-state index in [2.05, 4.69) is 73.7 Å². The van der Waals surface area contributed by atoms with Gasteiger partial charge in [0.05, 0.1) is 0 Å². The first-order chi connectivity index (χ1) is 11.8. The fourth-order valence-electron chi connectivity index (χ4n) is 4.36. The summed E-state index contributed by atoms with van der Waals surface area (Å²) >= 11 is 0. The van der Waals surface area contributed by atoms with Gasteiger partial charge in [-0.25, -0.2) is 0 Å². The van der Waals surface area contributed by atoms with Gasteiger partial charge in [-0.2, -0.15) is 0 Å². The SMILES string of the molecule is Cc1ccc(CC2CCCCC2c2ccc3ccccc3c2)cc1. The molecule has 1 aliphatic carbocycles. The Morgan fingerprint density at radius 2 is 1.54 bits per heavy atom. The first-order valence-corrected chi connectivity index (χ1v) is 9.34. The minimum Gasteiger partial charge on any atom is -0.0616 e. The lowest BCUT2D eigenvalue weighted by Gasteiger charge is -2.32. The molecule has 0 nitrogen and oxygen atoms in total. The van der Waals surface area contributed by atoms with Crippen molar-refractivity contribution in [3.05, 3.63) is 83.4 Å². The average Bonchev–Trinajstić information content (AvgIpc) is 2.64. The van der Waals surface area contributed by atoms with Crippen LogP contribution in [0.15, 0.2) is 66.7 Å². The third-order valence-corrected chi connectivity index (χ3v) is 5.73. The second kappa shape index (κ2) is 6.81. The number of rotatable bonds is 3. The van der Waals surface area contributed by atoms with Crippen LogP contribution in [-0.4, -0.2) is 0 Å². The molecule has 0 radical (unpaired) electrons. The summed E-state index contributed by atoms with van der Waals surface area (Å²) in [5, 5.41) is 2.74. The van der Waals surface area contributed by atoms with Gasteiger partial charge in [0.1, 0.15) is 0 Å². The number of benzene rings is 3. The quantitative estimate of drug-likeness (QED) is 0.507. The highest BCUT2D eigenvalue weighted by Crippen LogP contribution is 2.40. The van der Waals surface area contributed by atoms with Crippen molar-refractivity contribution in [1.29, 1.82) is 0 Å². The Labute approximate surface area is 145 Å². The Bertz CT molecular complexity index is 813. The summed E-state index contributed by atoms with van der Waals surface area (Å²) < 4.78 is 0. The standard InChI is InChI=1S/C24H26/c1-18-10-12-19(13-11-18)16-22-8-4-5-9-24(22)23-15-14-20-6-2-3-7-21(20)17-23/h2-3,6-7,10-15,17,22,24H,4-5,8-9,16H2,1H3. The molecule has 4 rings (SSSR count). The van der Waals surface area contributed by atoms with Crippen molar-refractivity contribution in [2.75, 3.05) is 0 Å². The zero-order valence-corrected chi connectivity index (χ0v) is 14.5. The molecular weight excluding hydrogens is 288 g/mol. The molecule has 0 bridgehead atoms. The third kappa shape index (κ3) is 3.24. The number of hydrogen-bond acceptors (Lipinski definition) is 0. The highest BCUT2D eigenvalue weighted by molar-refractivity contribution is 5.83. The highest BCUT2D eigenvalue weighted by atomic mass is 14.3. The summed E-state index contributed by atoms with van der Waals surface area (Å²) in [5.41, 5.74) is 4.40. The van der Waals surface area contributed by atoms with Crippen LogP contribution in [0, 0.1) is 12.8 Å². The van der Waals surface area contributed by atoms with Crippen molar-refractivity contribution >= 4 is 10.8 Å². The molecular formula is C24H26. The fraction of sp³-hybridized carbons (Fsp3) is 0.333. The molecule has 2 unspecified atom stereocenters. The van der Waals surface area contributed by atoms with Gasteiger partial charge in [-0.15, -0.1) is 0 Å². The van der Waals surface area contributed by atoms with Crippen LogP contribution in [-0.2, 0) is 6.42 Å². The van der Waals surface area contributed by atoms with Gasteiger partial charge in [0, 0.05) is 0 Å². The number of aryl methyl sites for hydroxylation is 1. The molecule has 1 saturated carbocycles. The molecule has 0 amide bonds. The predicted molar refractivity (Wildman–Crippen MR) is 104 cm³/mol. The van der Waals surface area contributed by atoms with Crippen molar-refractivity contribution in [2.45, 2.75) is 44.9 Å². The molecule has 0 heterocycles. The van der Waals surface area contributed by atoms with E-state index in [4.69, 9.17) is 0 Å². The van der Waals surface area contributed by atoms with Crippen LogP contribution in [0.1, 0.15) is 48.3 Å². The van der Waals surface area contributed by atoms with E-state index < -0.39 is 0 Å². The van der Waals surface area contributed by atoms with E-state index in [-0.39, 0.29) is 0 Å². The van der Waals surface area contributed by atoms with E-state index in [9.17, 15) is 0 Å². The maximum Gasteiger partial charge on any atom is -0.0130 e. The van der Waals surface area contributed by atoms with Gasteiger partial charge in [0.15, 0.2) is 0 Å². The third-order valence-electron chi connectivity index (χ3n) is 5.73. The smallest absolute Gasteiger partial charge is 0.0130 e. The maximum atomic E-state index is 2.44. The molecule has 0 aromatic heterocycles. The molecule has 1 aliphatic rings. The Morgan fingerprint density at radius 1 is 0.792 bits per heavy atom. The summed E-state index contributed by atoms with van der Waals surface area (Å²) in [4.78, 5) is 0. The zero-order chi connectivity index (χ0) is 16.4. The second-order valence-corrected chi connectivity index (χ2v) is 7.45. The van der Waals surface area contributed by atoms with Crippen LogP contribution in [0.2, 0.25) is 0 Å². The second-order valence-electron chi connectivity index (χ2n) is 7.45. The van der Waals surface area contributed by atoms with Gasteiger partial charge in [-0.1, -0.05) is 85.1 Å². The largest absolute Gasteiger partial charge is 0.0616 e. The molecule has 0 saturated heterocycles. The average molecular weight is 314 g/mol. The van der Waals surface area contributed by atoms with Gasteiger partial charge in [0.25, 0.3) is 0 Å². The molecule has 0 aliphatic heterocycles. The predicted octanol–water partition coefficient (Wildman–Crippen LogP) is 6.66. The number of fused-ring (bicyclic) bond motifs is 1. The topological polar surface area (TPSA) is 0 Å². The Morgan fingerprint density at radius 3 is 2.38 bits per heavy atom.